The van der Waals surface area contributed by atoms with Crippen LogP contribution in [0.15, 0.2) is 0 Å². The van der Waals surface area contributed by atoms with Crippen LogP contribution in [0.1, 0.15) is 12.8 Å². The third-order valence-corrected chi connectivity index (χ3v) is 2.24. The van der Waals surface area contributed by atoms with Gasteiger partial charge in [-0.25, -0.2) is 0 Å². The van der Waals surface area contributed by atoms with E-state index in [-0.39, 0.29) is 0 Å². The van der Waals surface area contributed by atoms with Crippen molar-refractivity contribution in [1.82, 2.24) is 0 Å². The highest BCUT2D eigenvalue weighted by Crippen LogP contribution is 2.40. The first-order valence-electron chi connectivity index (χ1n) is 3.05. The summed E-state index contributed by atoms with van der Waals surface area (Å²) in [4.78, 5) is 0. The average molecular weight is 179 g/mol. The summed E-state index contributed by atoms with van der Waals surface area (Å²) in [7, 11) is 0. The molecule has 1 saturated carbocycles. The maximum absolute atomic E-state index is 8.59. The molecule has 48 valence electrons. The minimum atomic E-state index is 0.400. The molecular weight excluding hydrogens is 168 g/mol. The molecule has 0 amide bonds. The number of hydrogen-bond acceptors (Lipinski definition) is 1. The van der Waals surface area contributed by atoms with Crippen molar-refractivity contribution in [2.45, 2.75) is 12.8 Å². The van der Waals surface area contributed by atoms with Crippen LogP contribution in [-0.4, -0.2) is 17.0 Å². The van der Waals surface area contributed by atoms with E-state index in [1.807, 2.05) is 0 Å². The van der Waals surface area contributed by atoms with E-state index in [4.69, 9.17) is 5.11 Å². The van der Waals surface area contributed by atoms with Gasteiger partial charge in [0.2, 0.25) is 0 Å². The van der Waals surface area contributed by atoms with E-state index >= 15 is 0 Å². The van der Waals surface area contributed by atoms with Crippen LogP contribution in [-0.2, 0) is 0 Å². The van der Waals surface area contributed by atoms with Crippen molar-refractivity contribution in [2.75, 3.05) is 11.9 Å². The third-order valence-electron chi connectivity index (χ3n) is 1.78. The summed E-state index contributed by atoms with van der Waals surface area (Å²) in [6.45, 7) is 0.400. The molecule has 1 aliphatic rings. The predicted molar refractivity (Wildman–Crippen MR) is 37.1 cm³/mol. The van der Waals surface area contributed by atoms with Crippen molar-refractivity contribution in [3.05, 3.63) is 0 Å². The van der Waals surface area contributed by atoms with Crippen molar-refractivity contribution in [1.29, 1.82) is 0 Å². The largest absolute Gasteiger partial charge is 0.396 e. The smallest absolute Gasteiger partial charge is 0.0462 e. The first-order valence-corrected chi connectivity index (χ1v) is 4.17. The number of rotatable bonds is 3. The summed E-state index contributed by atoms with van der Waals surface area (Å²) in [5.41, 5.74) is 0. The van der Waals surface area contributed by atoms with E-state index in [1.165, 1.54) is 12.8 Å². The molecule has 0 aromatic rings. The van der Waals surface area contributed by atoms with Gasteiger partial charge in [-0.15, -0.1) is 0 Å². The molecule has 0 bridgehead atoms. The normalized spacial score (nSPS) is 35.2. The molecule has 0 aromatic carbocycles. The Kier molecular flexibility index (Phi) is 2.32. The van der Waals surface area contributed by atoms with Crippen LogP contribution < -0.4 is 0 Å². The molecule has 0 aromatic heterocycles. The minimum Gasteiger partial charge on any atom is -0.396 e. The number of hydrogen-bond donors (Lipinski definition) is 1. The van der Waals surface area contributed by atoms with E-state index < -0.39 is 0 Å². The number of halogens is 1. The fraction of sp³-hybridized carbons (Fsp3) is 1.00. The molecule has 1 N–H and O–H groups in total. The second-order valence-electron chi connectivity index (χ2n) is 2.42. The van der Waals surface area contributed by atoms with Crippen LogP contribution in [0.4, 0.5) is 0 Å². The van der Waals surface area contributed by atoms with Gasteiger partial charge in [-0.05, 0) is 24.7 Å². The second-order valence-corrected chi connectivity index (χ2v) is 3.21. The molecule has 1 fully saturated rings. The van der Waals surface area contributed by atoms with Gasteiger partial charge in [-0.1, -0.05) is 15.9 Å². The predicted octanol–water partition coefficient (Wildman–Crippen LogP) is 1.40. The first-order chi connectivity index (χ1) is 3.88. The Morgan fingerprint density at radius 2 is 2.25 bits per heavy atom. The molecule has 0 spiro atoms. The summed E-state index contributed by atoms with van der Waals surface area (Å²) in [5, 5.41) is 9.68. The van der Waals surface area contributed by atoms with Gasteiger partial charge in [0, 0.05) is 11.9 Å². The van der Waals surface area contributed by atoms with Crippen LogP contribution in [0.2, 0.25) is 0 Å². The fourth-order valence-electron chi connectivity index (χ4n) is 1.03. The third kappa shape index (κ3) is 1.46. The molecule has 1 aliphatic carbocycles. The molecule has 0 aliphatic heterocycles. The van der Waals surface area contributed by atoms with Crippen LogP contribution in [0.5, 0.6) is 0 Å². The quantitative estimate of drug-likeness (QED) is 0.649. The van der Waals surface area contributed by atoms with Crippen molar-refractivity contribution in [3.63, 3.8) is 0 Å². The van der Waals surface area contributed by atoms with Gasteiger partial charge in [0.15, 0.2) is 0 Å². The molecule has 8 heavy (non-hydrogen) atoms. The van der Waals surface area contributed by atoms with Gasteiger partial charge in [0.1, 0.15) is 0 Å². The Hall–Kier alpha value is 0.440. The minimum absolute atomic E-state index is 0.400. The average Bonchev–Trinajstić information content (AvgIpc) is 2.48. The lowest BCUT2D eigenvalue weighted by molar-refractivity contribution is 0.268. The van der Waals surface area contributed by atoms with Gasteiger partial charge in [-0.2, -0.15) is 0 Å². The highest BCUT2D eigenvalue weighted by molar-refractivity contribution is 9.09. The lowest BCUT2D eigenvalue weighted by Gasteiger charge is -1.88. The Labute approximate surface area is 58.2 Å². The van der Waals surface area contributed by atoms with Crippen LogP contribution in [0.3, 0.4) is 0 Å². The van der Waals surface area contributed by atoms with Crippen molar-refractivity contribution in [3.8, 4) is 0 Å². The zero-order valence-corrected chi connectivity index (χ0v) is 6.39. The second kappa shape index (κ2) is 2.83. The first kappa shape index (κ1) is 6.56. The highest BCUT2D eigenvalue weighted by atomic mass is 79.9. The van der Waals surface area contributed by atoms with Gasteiger partial charge in [-0.3, -0.25) is 0 Å². The Bertz CT molecular complexity index is 74.9. The van der Waals surface area contributed by atoms with Gasteiger partial charge in [0.05, 0.1) is 0 Å². The molecule has 0 radical (unpaired) electrons. The van der Waals surface area contributed by atoms with E-state index in [0.29, 0.717) is 12.5 Å². The zero-order chi connectivity index (χ0) is 5.98. The van der Waals surface area contributed by atoms with Crippen molar-refractivity contribution >= 4 is 15.9 Å². The van der Waals surface area contributed by atoms with Gasteiger partial charge < -0.3 is 5.11 Å². The lowest BCUT2D eigenvalue weighted by atomic mass is 10.3. The maximum atomic E-state index is 8.59. The Balaban J connectivity index is 1.99. The number of alkyl halides is 1. The van der Waals surface area contributed by atoms with Gasteiger partial charge >= 0.3 is 0 Å². The molecular formula is C6H11BrO. The Morgan fingerprint density at radius 3 is 2.62 bits per heavy atom. The van der Waals surface area contributed by atoms with E-state index in [2.05, 4.69) is 15.9 Å². The molecule has 0 unspecified atom stereocenters. The zero-order valence-electron chi connectivity index (χ0n) is 4.81. The monoisotopic (exact) mass is 178 g/mol. The van der Waals surface area contributed by atoms with Crippen LogP contribution in [0.25, 0.3) is 0 Å². The molecule has 0 heterocycles. The lowest BCUT2D eigenvalue weighted by Crippen LogP contribution is -1.88. The van der Waals surface area contributed by atoms with E-state index in [0.717, 1.165) is 11.2 Å². The highest BCUT2D eigenvalue weighted by Gasteiger charge is 2.34. The molecule has 2 heteroatoms. The molecule has 1 nitrogen and oxygen atoms in total. The van der Waals surface area contributed by atoms with Crippen molar-refractivity contribution in [2.24, 2.45) is 11.8 Å². The maximum Gasteiger partial charge on any atom is 0.0462 e. The van der Waals surface area contributed by atoms with Crippen LogP contribution in [0, 0.1) is 11.8 Å². The van der Waals surface area contributed by atoms with Crippen molar-refractivity contribution < 1.29 is 5.11 Å². The van der Waals surface area contributed by atoms with Crippen LogP contribution >= 0.6 is 15.9 Å². The van der Waals surface area contributed by atoms with Gasteiger partial charge in [0.25, 0.3) is 0 Å². The summed E-state index contributed by atoms with van der Waals surface area (Å²) >= 11 is 3.36. The Morgan fingerprint density at radius 1 is 1.50 bits per heavy atom. The topological polar surface area (TPSA) is 20.2 Å². The molecule has 0 saturated heterocycles. The summed E-state index contributed by atoms with van der Waals surface area (Å²) in [5.74, 6) is 1.48. The molecule has 2 atom stereocenters. The standard InChI is InChI=1S/C6H11BrO/c7-2-1-5-3-6(5)4-8/h5-6,8H,1-4H2/t5-,6-/m1/s1. The summed E-state index contributed by atoms with van der Waals surface area (Å²) < 4.78 is 0. The number of aliphatic hydroxyl groups is 1. The molecule has 1 rings (SSSR count). The van der Waals surface area contributed by atoms with E-state index in [1.54, 1.807) is 0 Å². The fourth-order valence-corrected chi connectivity index (χ4v) is 1.62. The summed E-state index contributed by atoms with van der Waals surface area (Å²) in [6, 6.07) is 0. The summed E-state index contributed by atoms with van der Waals surface area (Å²) in [6.07, 6.45) is 2.49. The number of aliphatic hydroxyl groups excluding tert-OH is 1. The van der Waals surface area contributed by atoms with E-state index in [9.17, 15) is 0 Å². The SMILES string of the molecule is OC[C@H]1C[C@H]1CCBr.